The van der Waals surface area contributed by atoms with E-state index in [1.165, 1.54) is 5.56 Å². The monoisotopic (exact) mass is 285 g/mol. The van der Waals surface area contributed by atoms with Crippen LogP contribution in [0.1, 0.15) is 17.7 Å². The standard InChI is InChI=1S/C17H23N3O/c1-14-5-3-11-19-17(14)13-20(12-4-10-18)15-6-8-16(21-2)9-7-15/h3,5-9,11H,4,10,12-13,18H2,1-2H3. The molecule has 0 aliphatic rings. The summed E-state index contributed by atoms with van der Waals surface area (Å²) >= 11 is 0. The minimum absolute atomic E-state index is 0.688. The molecule has 0 saturated carbocycles. The molecule has 0 aliphatic carbocycles. The van der Waals surface area contributed by atoms with Gasteiger partial charge < -0.3 is 15.4 Å². The highest BCUT2D eigenvalue weighted by atomic mass is 16.5. The number of rotatable bonds is 7. The van der Waals surface area contributed by atoms with E-state index in [2.05, 4.69) is 35.0 Å². The number of benzene rings is 1. The lowest BCUT2D eigenvalue weighted by atomic mass is 10.2. The number of ether oxygens (including phenoxy) is 1. The second-order valence-corrected chi connectivity index (χ2v) is 5.03. The molecular formula is C17H23N3O. The maximum atomic E-state index is 5.66. The molecule has 0 fully saturated rings. The first-order valence-corrected chi connectivity index (χ1v) is 7.24. The molecule has 1 aromatic carbocycles. The summed E-state index contributed by atoms with van der Waals surface area (Å²) in [6, 6.07) is 12.2. The van der Waals surface area contributed by atoms with Gasteiger partial charge in [-0.3, -0.25) is 4.98 Å². The van der Waals surface area contributed by atoms with Crippen molar-refractivity contribution >= 4 is 5.69 Å². The highest BCUT2D eigenvalue weighted by molar-refractivity contribution is 5.49. The summed E-state index contributed by atoms with van der Waals surface area (Å²) in [5, 5.41) is 0. The van der Waals surface area contributed by atoms with Crippen LogP contribution in [0.5, 0.6) is 5.75 Å². The first kappa shape index (κ1) is 15.3. The predicted molar refractivity (Wildman–Crippen MR) is 86.7 cm³/mol. The summed E-state index contributed by atoms with van der Waals surface area (Å²) in [6.07, 6.45) is 2.80. The predicted octanol–water partition coefficient (Wildman–Crippen LogP) is 2.75. The average Bonchev–Trinajstić information content (AvgIpc) is 2.53. The minimum atomic E-state index is 0.688. The van der Waals surface area contributed by atoms with Crippen molar-refractivity contribution in [3.8, 4) is 5.75 Å². The molecule has 4 nitrogen and oxygen atoms in total. The van der Waals surface area contributed by atoms with Gasteiger partial charge in [-0.15, -0.1) is 0 Å². The molecule has 0 amide bonds. The number of nitrogens with zero attached hydrogens (tertiary/aromatic N) is 2. The number of nitrogens with two attached hydrogens (primary N) is 1. The van der Waals surface area contributed by atoms with Crippen LogP contribution in [-0.2, 0) is 6.54 Å². The van der Waals surface area contributed by atoms with E-state index in [1.54, 1.807) is 7.11 Å². The van der Waals surface area contributed by atoms with Gasteiger partial charge in [-0.1, -0.05) is 6.07 Å². The lowest BCUT2D eigenvalue weighted by Gasteiger charge is -2.25. The molecule has 2 aromatic rings. The van der Waals surface area contributed by atoms with Gasteiger partial charge in [0.25, 0.3) is 0 Å². The molecule has 0 unspecified atom stereocenters. The third-order valence-corrected chi connectivity index (χ3v) is 3.53. The van der Waals surface area contributed by atoms with Gasteiger partial charge >= 0.3 is 0 Å². The van der Waals surface area contributed by atoms with Crippen molar-refractivity contribution in [1.29, 1.82) is 0 Å². The summed E-state index contributed by atoms with van der Waals surface area (Å²) in [7, 11) is 1.68. The van der Waals surface area contributed by atoms with Crippen molar-refractivity contribution in [3.63, 3.8) is 0 Å². The summed E-state index contributed by atoms with van der Waals surface area (Å²) in [4.78, 5) is 6.79. The van der Waals surface area contributed by atoms with E-state index in [4.69, 9.17) is 10.5 Å². The van der Waals surface area contributed by atoms with Crippen LogP contribution in [0.3, 0.4) is 0 Å². The molecule has 0 atom stereocenters. The number of pyridine rings is 1. The number of aromatic nitrogens is 1. The van der Waals surface area contributed by atoms with E-state index in [0.29, 0.717) is 6.54 Å². The van der Waals surface area contributed by atoms with Crippen molar-refractivity contribution in [1.82, 2.24) is 4.98 Å². The fourth-order valence-corrected chi connectivity index (χ4v) is 2.24. The minimum Gasteiger partial charge on any atom is -0.497 e. The zero-order chi connectivity index (χ0) is 15.1. The van der Waals surface area contributed by atoms with Crippen molar-refractivity contribution < 1.29 is 4.74 Å². The van der Waals surface area contributed by atoms with Gasteiger partial charge in [0.2, 0.25) is 0 Å². The van der Waals surface area contributed by atoms with Gasteiger partial charge in [-0.25, -0.2) is 0 Å². The average molecular weight is 285 g/mol. The number of methoxy groups -OCH3 is 1. The number of hydrogen-bond donors (Lipinski definition) is 1. The first-order chi connectivity index (χ1) is 10.2. The van der Waals surface area contributed by atoms with Gasteiger partial charge in [0.05, 0.1) is 19.3 Å². The van der Waals surface area contributed by atoms with E-state index < -0.39 is 0 Å². The van der Waals surface area contributed by atoms with Crippen LogP contribution in [-0.4, -0.2) is 25.2 Å². The van der Waals surface area contributed by atoms with E-state index >= 15 is 0 Å². The molecule has 0 spiro atoms. The summed E-state index contributed by atoms with van der Waals surface area (Å²) in [5.74, 6) is 0.867. The van der Waals surface area contributed by atoms with Crippen LogP contribution in [0.25, 0.3) is 0 Å². The van der Waals surface area contributed by atoms with E-state index in [1.807, 2.05) is 24.4 Å². The molecule has 1 heterocycles. The number of aryl methyl sites for hydroxylation is 1. The molecule has 2 N–H and O–H groups in total. The third-order valence-electron chi connectivity index (χ3n) is 3.53. The van der Waals surface area contributed by atoms with Crippen LogP contribution >= 0.6 is 0 Å². The van der Waals surface area contributed by atoms with Gasteiger partial charge in [-0.05, 0) is 55.8 Å². The highest BCUT2D eigenvalue weighted by Gasteiger charge is 2.09. The number of hydrogen-bond acceptors (Lipinski definition) is 4. The zero-order valence-electron chi connectivity index (χ0n) is 12.7. The van der Waals surface area contributed by atoms with Crippen molar-refractivity contribution in [2.75, 3.05) is 25.1 Å². The van der Waals surface area contributed by atoms with Gasteiger partial charge in [0, 0.05) is 18.4 Å². The molecule has 112 valence electrons. The Kier molecular flexibility index (Phi) is 5.58. The molecule has 4 heteroatoms. The Hall–Kier alpha value is -2.07. The maximum absolute atomic E-state index is 5.66. The second kappa shape index (κ2) is 7.64. The molecular weight excluding hydrogens is 262 g/mol. The first-order valence-electron chi connectivity index (χ1n) is 7.24. The highest BCUT2D eigenvalue weighted by Crippen LogP contribution is 2.21. The van der Waals surface area contributed by atoms with Gasteiger partial charge in [-0.2, -0.15) is 0 Å². The van der Waals surface area contributed by atoms with Gasteiger partial charge in [0.1, 0.15) is 5.75 Å². The Bertz CT molecular complexity index is 554. The normalized spacial score (nSPS) is 10.4. The lowest BCUT2D eigenvalue weighted by molar-refractivity contribution is 0.415. The fraction of sp³-hybridized carbons (Fsp3) is 0.353. The Morgan fingerprint density at radius 2 is 1.95 bits per heavy atom. The summed E-state index contributed by atoms with van der Waals surface area (Å²) in [5.41, 5.74) is 9.14. The van der Waals surface area contributed by atoms with Crippen molar-refractivity contribution in [2.24, 2.45) is 5.73 Å². The molecule has 0 radical (unpaired) electrons. The largest absolute Gasteiger partial charge is 0.497 e. The quantitative estimate of drug-likeness (QED) is 0.850. The molecule has 0 saturated heterocycles. The second-order valence-electron chi connectivity index (χ2n) is 5.03. The van der Waals surface area contributed by atoms with E-state index in [-0.39, 0.29) is 0 Å². The smallest absolute Gasteiger partial charge is 0.119 e. The fourth-order valence-electron chi connectivity index (χ4n) is 2.24. The van der Waals surface area contributed by atoms with Crippen molar-refractivity contribution in [2.45, 2.75) is 19.9 Å². The Morgan fingerprint density at radius 1 is 1.19 bits per heavy atom. The Labute approximate surface area is 126 Å². The zero-order valence-corrected chi connectivity index (χ0v) is 12.7. The SMILES string of the molecule is COc1ccc(N(CCCN)Cc2ncccc2C)cc1. The van der Waals surface area contributed by atoms with E-state index in [0.717, 1.165) is 36.6 Å². The van der Waals surface area contributed by atoms with Crippen LogP contribution in [0.15, 0.2) is 42.6 Å². The molecule has 1 aromatic heterocycles. The topological polar surface area (TPSA) is 51.4 Å². The maximum Gasteiger partial charge on any atom is 0.119 e. The van der Waals surface area contributed by atoms with Crippen LogP contribution in [0, 0.1) is 6.92 Å². The van der Waals surface area contributed by atoms with E-state index in [9.17, 15) is 0 Å². The lowest BCUT2D eigenvalue weighted by Crippen LogP contribution is -2.26. The third kappa shape index (κ3) is 4.20. The summed E-state index contributed by atoms with van der Waals surface area (Å²) in [6.45, 7) is 4.49. The van der Waals surface area contributed by atoms with Gasteiger partial charge in [0.15, 0.2) is 0 Å². The molecule has 2 rings (SSSR count). The summed E-state index contributed by atoms with van der Waals surface area (Å²) < 4.78 is 5.22. The molecule has 0 aliphatic heterocycles. The van der Waals surface area contributed by atoms with Crippen LogP contribution in [0.4, 0.5) is 5.69 Å². The molecule has 0 bridgehead atoms. The number of anilines is 1. The Morgan fingerprint density at radius 3 is 2.57 bits per heavy atom. The molecule has 21 heavy (non-hydrogen) atoms. The Balaban J connectivity index is 2.18. The van der Waals surface area contributed by atoms with Crippen LogP contribution < -0.4 is 15.4 Å². The van der Waals surface area contributed by atoms with Crippen molar-refractivity contribution in [3.05, 3.63) is 53.9 Å². The van der Waals surface area contributed by atoms with Crippen LogP contribution in [0.2, 0.25) is 0 Å².